The number of aliphatic hydroxyl groups is 17. The lowest BCUT2D eigenvalue weighted by Gasteiger charge is -2.40. The quantitative estimate of drug-likeness (QED) is 0.00850. The summed E-state index contributed by atoms with van der Waals surface area (Å²) in [6, 6.07) is 16.1. The number of hydrogen-bond acceptors (Lipinski definition) is 37. The smallest absolute Gasteiger partial charge is 0.402 e. The molecule has 5 saturated heterocycles. The maximum absolute atomic E-state index is 13.2. The minimum absolute atomic E-state index is 0.0268. The molecule has 4 aromatic carbocycles. The molecule has 0 bridgehead atoms. The first-order chi connectivity index (χ1) is 49.9. The number of hydrogen-bond donors (Lipinski definition) is 21. The van der Waals surface area contributed by atoms with Crippen LogP contribution in [0.2, 0.25) is 0 Å². The number of aliphatic carboxylic acids is 1. The van der Waals surface area contributed by atoms with Gasteiger partial charge in [0.25, 0.3) is 0 Å². The molecule has 39 nitrogen and oxygen atoms in total. The van der Waals surface area contributed by atoms with Gasteiger partial charge in [-0.2, -0.15) is 0 Å². The van der Waals surface area contributed by atoms with Gasteiger partial charge >= 0.3 is 35.2 Å². The largest absolute Gasteiger partial charge is 0.507 e. The molecule has 39 heteroatoms. The van der Waals surface area contributed by atoms with E-state index in [4.69, 9.17) is 71.1 Å². The Morgan fingerprint density at radius 2 is 0.762 bits per heavy atom. The molecule has 1 aromatic heterocycles. The fraction of sp³-hybridized carbons (Fsp3) is 0.470. The molecule has 0 amide bonds. The van der Waals surface area contributed by atoms with Crippen molar-refractivity contribution in [2.75, 3.05) is 33.0 Å². The van der Waals surface area contributed by atoms with Gasteiger partial charge in [-0.15, -0.1) is 0 Å². The lowest BCUT2D eigenvalue weighted by Crippen LogP contribution is -2.60. The van der Waals surface area contributed by atoms with Crippen LogP contribution < -0.4 is 23.7 Å². The summed E-state index contributed by atoms with van der Waals surface area (Å²) in [5.74, 6) is -9.85. The number of aromatic hydroxyl groups is 3. The molecule has 0 spiro atoms. The standard InChI is InChI=1S/C66H74O39/c67-19-36-46(77)51(82)56(87)62(101-36)95-28-7-1-24(2-8-28)5-11-42(73)92-21-38-48(79)53(84)57(88)63(103-38)96-29-9-3-25(4-10-29)6-12-43(74)93-22-39-49(80)54(85)59(90)65(104-39)99-34-14-26(13-33(45(34)76)98-64-58(89)52(83)47(78)37(20-68)102-64)61-35(17-30-31(70)15-27(69)16-32(30)97-61)100-66-60(91)55(86)50(81)40(105-66)23-94-44(75)18-41(71)72/h1-17,36-40,46-60,62-68,77-91H,18-23H2,(H3-,69,70,71,72,76)/p+1/b11-5+,12-6+/t36-,37-,38-,39-,40-,46-,47-,48-,49-,50-,51+,52+,53+,54+,55+,56-,57-,58-,59-,60-,62-,63-,64-,65-,66-/m1/s1. The third-order valence-electron chi connectivity index (χ3n) is 17.1. The number of esters is 3. The Balaban J connectivity index is 0.799. The van der Waals surface area contributed by atoms with Crippen molar-refractivity contribution in [2.24, 2.45) is 0 Å². The van der Waals surface area contributed by atoms with Crippen molar-refractivity contribution >= 4 is 47.0 Å². The van der Waals surface area contributed by atoms with Gasteiger partial charge in [-0.3, -0.25) is 9.59 Å². The first kappa shape index (κ1) is 78.8. The maximum atomic E-state index is 13.2. The Bertz CT molecular complexity index is 3870. The van der Waals surface area contributed by atoms with Gasteiger partial charge in [0.1, 0.15) is 177 Å². The second-order valence-corrected chi connectivity index (χ2v) is 24.5. The average Bonchev–Trinajstić information content (AvgIpc) is 0.764. The topological polar surface area (TPSA) is 624 Å². The van der Waals surface area contributed by atoms with Gasteiger partial charge in [-0.25, -0.2) is 14.0 Å². The van der Waals surface area contributed by atoms with E-state index in [0.717, 1.165) is 42.5 Å². The van der Waals surface area contributed by atoms with Crippen LogP contribution in [-0.2, 0) is 57.1 Å². The van der Waals surface area contributed by atoms with Crippen LogP contribution in [0.15, 0.2) is 95.4 Å². The summed E-state index contributed by atoms with van der Waals surface area (Å²) in [4.78, 5) is 49.1. The summed E-state index contributed by atoms with van der Waals surface area (Å²) in [5, 5.41) is 222. The van der Waals surface area contributed by atoms with Crippen LogP contribution in [-0.4, -0.2) is 318 Å². The Labute approximate surface area is 590 Å². The van der Waals surface area contributed by atoms with Gasteiger partial charge < -0.3 is 169 Å². The lowest BCUT2D eigenvalue weighted by atomic mass is 9.99. The zero-order valence-corrected chi connectivity index (χ0v) is 54.2. The molecule has 0 unspecified atom stereocenters. The first-order valence-corrected chi connectivity index (χ1v) is 31.9. The van der Waals surface area contributed by atoms with E-state index >= 15 is 0 Å². The normalized spacial score (nSPS) is 33.6. The van der Waals surface area contributed by atoms with Crippen LogP contribution >= 0.6 is 0 Å². The lowest BCUT2D eigenvalue weighted by molar-refractivity contribution is -0.279. The number of ether oxygens (including phenoxy) is 13. The molecular formula is C66H75O39+. The maximum Gasteiger partial charge on any atom is 0.402 e. The first-order valence-electron chi connectivity index (χ1n) is 31.9. The predicted molar refractivity (Wildman–Crippen MR) is 338 cm³/mol. The van der Waals surface area contributed by atoms with E-state index in [0.29, 0.717) is 11.1 Å². The Morgan fingerprint density at radius 1 is 0.410 bits per heavy atom. The highest BCUT2D eigenvalue weighted by Gasteiger charge is 2.51. The number of rotatable bonds is 25. The molecule has 572 valence electrons. The molecule has 0 aliphatic carbocycles. The van der Waals surface area contributed by atoms with E-state index in [1.807, 2.05) is 0 Å². The van der Waals surface area contributed by atoms with Gasteiger partial charge in [-0.1, -0.05) is 24.3 Å². The van der Waals surface area contributed by atoms with Crippen LogP contribution in [0.25, 0.3) is 34.4 Å². The molecule has 6 heterocycles. The van der Waals surface area contributed by atoms with E-state index in [1.54, 1.807) is 0 Å². The SMILES string of the molecule is O=C(O)CC(=O)OC[C@H]1O[C@@H](Oc2cc3c(O)cc(O)cc3[o+]c2-c2cc(O[C@@H]3O[C@H](CO)[C@@H](O)[C@H](O)[C@H]3O)c(O)c(O[C@@H]3O[C@H](COC(=O)/C=C/c4ccc(O[C@@H]5O[C@H](COC(=O)/C=C/c6ccc(O[C@@H]7O[C@H](CO)[C@@H](O)[C@H](O)[C@H]7O)cc6)[C@@H](O)[C@H](O)[C@H]5O)cc4)[C@@H](O)[C@H](O)[C@H]3O)c2)[C@H](O)[C@@H](O)[C@@H]1O. The number of carboxylic acid groups (broad SMARTS) is 1. The number of carbonyl (C=O) groups excluding carboxylic acids is 3. The second kappa shape index (κ2) is 34.2. The number of aliphatic hydroxyl groups excluding tert-OH is 17. The van der Waals surface area contributed by atoms with Crippen molar-refractivity contribution in [3.8, 4) is 57.3 Å². The van der Waals surface area contributed by atoms with Crippen LogP contribution in [0.1, 0.15) is 17.5 Å². The number of fused-ring (bicyclic) bond motifs is 1. The molecule has 10 rings (SSSR count). The summed E-state index contributed by atoms with van der Waals surface area (Å²) >= 11 is 0. The van der Waals surface area contributed by atoms with Crippen molar-refractivity contribution < 1.29 is 192 Å². The molecule has 5 aliphatic heterocycles. The van der Waals surface area contributed by atoms with Gasteiger partial charge in [0.15, 0.2) is 11.5 Å². The Morgan fingerprint density at radius 3 is 1.14 bits per heavy atom. The Kier molecular flexibility index (Phi) is 25.6. The predicted octanol–water partition coefficient (Wildman–Crippen LogP) is -6.05. The van der Waals surface area contributed by atoms with Crippen molar-refractivity contribution in [1.82, 2.24) is 0 Å². The Hall–Kier alpha value is -8.83. The second-order valence-electron chi connectivity index (χ2n) is 24.5. The van der Waals surface area contributed by atoms with E-state index < -0.39 is 263 Å². The zero-order chi connectivity index (χ0) is 76.0. The third-order valence-corrected chi connectivity index (χ3v) is 17.1. The van der Waals surface area contributed by atoms with Crippen molar-refractivity contribution in [1.29, 1.82) is 0 Å². The molecule has 5 fully saturated rings. The summed E-state index contributed by atoms with van der Waals surface area (Å²) < 4.78 is 78.5. The highest BCUT2D eigenvalue weighted by atomic mass is 16.7. The van der Waals surface area contributed by atoms with Gasteiger partial charge in [0.05, 0.1) is 24.8 Å². The van der Waals surface area contributed by atoms with E-state index in [-0.39, 0.29) is 22.5 Å². The number of phenols is 3. The van der Waals surface area contributed by atoms with Crippen molar-refractivity contribution in [3.63, 3.8) is 0 Å². The van der Waals surface area contributed by atoms with Gasteiger partial charge in [-0.05, 0) is 47.5 Å². The van der Waals surface area contributed by atoms with Crippen molar-refractivity contribution in [2.45, 2.75) is 160 Å². The summed E-state index contributed by atoms with van der Waals surface area (Å²) in [7, 11) is 0. The molecule has 25 atom stereocenters. The monoisotopic (exact) mass is 1490 g/mol. The van der Waals surface area contributed by atoms with Crippen molar-refractivity contribution in [3.05, 3.63) is 102 Å². The van der Waals surface area contributed by atoms with E-state index in [9.17, 15) is 121 Å². The highest BCUT2D eigenvalue weighted by Crippen LogP contribution is 2.48. The van der Waals surface area contributed by atoms with E-state index in [1.165, 1.54) is 60.7 Å². The van der Waals surface area contributed by atoms with Crippen LogP contribution in [0, 0.1) is 0 Å². The van der Waals surface area contributed by atoms with Crippen LogP contribution in [0.5, 0.6) is 46.0 Å². The van der Waals surface area contributed by atoms with Crippen LogP contribution in [0.3, 0.4) is 0 Å². The van der Waals surface area contributed by atoms with Gasteiger partial charge in [0.2, 0.25) is 42.9 Å². The van der Waals surface area contributed by atoms with E-state index in [2.05, 4.69) is 0 Å². The number of phenolic OH excluding ortho intramolecular Hbond substituents is 3. The zero-order valence-electron chi connectivity index (χ0n) is 54.2. The molecule has 0 saturated carbocycles. The number of carbonyl (C=O) groups is 4. The fourth-order valence-electron chi connectivity index (χ4n) is 11.2. The summed E-state index contributed by atoms with van der Waals surface area (Å²) in [5.41, 5.74) is 0.0182. The third kappa shape index (κ3) is 18.4. The number of benzene rings is 4. The minimum Gasteiger partial charge on any atom is -0.507 e. The molecule has 0 radical (unpaired) electrons. The minimum atomic E-state index is -2.23. The summed E-state index contributed by atoms with van der Waals surface area (Å²) in [6.45, 7) is -4.04. The van der Waals surface area contributed by atoms with Gasteiger partial charge in [0, 0.05) is 36.4 Å². The average molecular weight is 1490 g/mol. The summed E-state index contributed by atoms with van der Waals surface area (Å²) in [6.07, 6.45) is -42.9. The fourth-order valence-corrected chi connectivity index (χ4v) is 11.2. The molecule has 21 N–H and O–H groups in total. The number of carboxylic acids is 1. The molecule has 5 aromatic rings. The molecule has 105 heavy (non-hydrogen) atoms. The molecule has 5 aliphatic rings. The van der Waals surface area contributed by atoms with Crippen LogP contribution in [0.4, 0.5) is 0 Å². The molecular weight excluding hydrogens is 1420 g/mol. The highest BCUT2D eigenvalue weighted by molar-refractivity contribution is 5.91.